The molecule has 2 rings (SSSR count). The Hall–Kier alpha value is -0.820. The lowest BCUT2D eigenvalue weighted by Crippen LogP contribution is -2.44. The minimum atomic E-state index is -0.124. The van der Waals surface area contributed by atoms with Gasteiger partial charge >= 0.3 is 0 Å². The Morgan fingerprint density at radius 1 is 1.40 bits per heavy atom. The van der Waals surface area contributed by atoms with Gasteiger partial charge in [-0.2, -0.15) is 0 Å². The number of phenolic OH excluding ortho intramolecular Hbond substituents is 1. The number of piperidine rings is 1. The van der Waals surface area contributed by atoms with E-state index in [0.29, 0.717) is 18.2 Å². The first-order valence-corrected chi connectivity index (χ1v) is 8.16. The largest absolute Gasteiger partial charge is 0.507 e. The van der Waals surface area contributed by atoms with Gasteiger partial charge in [-0.25, -0.2) is 0 Å². The molecule has 1 unspecified atom stereocenters. The Bertz CT molecular complexity index is 473. The normalized spacial score (nSPS) is 17.7. The van der Waals surface area contributed by atoms with Gasteiger partial charge in [-0.05, 0) is 73.6 Å². The van der Waals surface area contributed by atoms with Gasteiger partial charge in [-0.15, -0.1) is 0 Å². The standard InChI is InChI=1S/C15H21IN2O2/c1-11(18-7-3-2-4-8-18)10-17-15(20)12-5-6-13(16)14(19)9-12/h5-6,9,11,19H,2-4,7-8,10H2,1H3,(H,17,20). The number of carbonyl (C=O) groups is 1. The summed E-state index contributed by atoms with van der Waals surface area (Å²) in [6, 6.07) is 5.36. The average molecular weight is 388 g/mol. The van der Waals surface area contributed by atoms with E-state index >= 15 is 0 Å². The van der Waals surface area contributed by atoms with Gasteiger partial charge < -0.3 is 10.4 Å². The highest BCUT2D eigenvalue weighted by Gasteiger charge is 2.17. The SMILES string of the molecule is CC(CNC(=O)c1ccc(I)c(O)c1)N1CCCCC1. The van der Waals surface area contributed by atoms with Crippen molar-refractivity contribution in [1.82, 2.24) is 10.2 Å². The molecule has 0 aromatic heterocycles. The van der Waals surface area contributed by atoms with E-state index in [-0.39, 0.29) is 11.7 Å². The zero-order chi connectivity index (χ0) is 14.5. The van der Waals surface area contributed by atoms with Crippen LogP contribution in [0.3, 0.4) is 0 Å². The zero-order valence-electron chi connectivity index (χ0n) is 11.7. The molecule has 1 heterocycles. The first kappa shape index (κ1) is 15.6. The van der Waals surface area contributed by atoms with Crippen LogP contribution in [0.15, 0.2) is 18.2 Å². The van der Waals surface area contributed by atoms with Crippen LogP contribution in [0.4, 0.5) is 0 Å². The van der Waals surface area contributed by atoms with Crippen molar-refractivity contribution in [2.24, 2.45) is 0 Å². The fourth-order valence-electron chi connectivity index (χ4n) is 2.48. The number of nitrogens with one attached hydrogen (secondary N) is 1. The summed E-state index contributed by atoms with van der Waals surface area (Å²) in [7, 11) is 0. The molecule has 20 heavy (non-hydrogen) atoms. The van der Waals surface area contributed by atoms with Crippen molar-refractivity contribution >= 4 is 28.5 Å². The number of rotatable bonds is 4. The Labute approximate surface area is 133 Å². The second-order valence-corrected chi connectivity index (χ2v) is 6.48. The molecule has 5 heteroatoms. The molecule has 1 saturated heterocycles. The maximum Gasteiger partial charge on any atom is 0.251 e. The van der Waals surface area contributed by atoms with Gasteiger partial charge in [-0.1, -0.05) is 6.42 Å². The number of hydrogen-bond acceptors (Lipinski definition) is 3. The molecule has 0 spiro atoms. The number of likely N-dealkylation sites (tertiary alicyclic amines) is 1. The van der Waals surface area contributed by atoms with Crippen LogP contribution in [0.5, 0.6) is 5.75 Å². The molecule has 1 aliphatic rings. The molecule has 1 atom stereocenters. The Morgan fingerprint density at radius 2 is 2.10 bits per heavy atom. The van der Waals surface area contributed by atoms with Crippen molar-refractivity contribution in [2.75, 3.05) is 19.6 Å². The van der Waals surface area contributed by atoms with E-state index in [1.54, 1.807) is 12.1 Å². The highest BCUT2D eigenvalue weighted by atomic mass is 127. The highest BCUT2D eigenvalue weighted by Crippen LogP contribution is 2.20. The molecule has 1 aliphatic heterocycles. The van der Waals surface area contributed by atoms with Crippen LogP contribution >= 0.6 is 22.6 Å². The third-order valence-corrected chi connectivity index (χ3v) is 4.69. The number of benzene rings is 1. The molecule has 110 valence electrons. The smallest absolute Gasteiger partial charge is 0.251 e. The number of carbonyl (C=O) groups excluding carboxylic acids is 1. The van der Waals surface area contributed by atoms with E-state index in [1.807, 2.05) is 22.6 Å². The maximum atomic E-state index is 12.1. The molecule has 0 saturated carbocycles. The predicted octanol–water partition coefficient (Wildman–Crippen LogP) is 2.60. The van der Waals surface area contributed by atoms with Gasteiger partial charge in [0, 0.05) is 18.2 Å². The number of halogens is 1. The lowest BCUT2D eigenvalue weighted by molar-refractivity contribution is 0.0929. The van der Waals surface area contributed by atoms with E-state index in [0.717, 1.165) is 16.7 Å². The van der Waals surface area contributed by atoms with Crippen LogP contribution in [0.2, 0.25) is 0 Å². The molecule has 0 bridgehead atoms. The maximum absolute atomic E-state index is 12.1. The van der Waals surface area contributed by atoms with E-state index in [9.17, 15) is 9.90 Å². The zero-order valence-corrected chi connectivity index (χ0v) is 13.9. The van der Waals surface area contributed by atoms with Gasteiger partial charge in [0.05, 0.1) is 3.57 Å². The number of amides is 1. The molecular weight excluding hydrogens is 367 g/mol. The molecule has 0 radical (unpaired) electrons. The Kier molecular flexibility index (Phi) is 5.65. The number of aromatic hydroxyl groups is 1. The minimum Gasteiger partial charge on any atom is -0.507 e. The number of nitrogens with zero attached hydrogens (tertiary/aromatic N) is 1. The monoisotopic (exact) mass is 388 g/mol. The molecular formula is C15H21IN2O2. The average Bonchev–Trinajstić information content (AvgIpc) is 2.48. The number of hydrogen-bond donors (Lipinski definition) is 2. The van der Waals surface area contributed by atoms with Crippen LogP contribution in [-0.2, 0) is 0 Å². The predicted molar refractivity (Wildman–Crippen MR) is 88.0 cm³/mol. The van der Waals surface area contributed by atoms with Crippen molar-refractivity contribution in [3.63, 3.8) is 0 Å². The van der Waals surface area contributed by atoms with Gasteiger partial charge in [0.25, 0.3) is 5.91 Å². The highest BCUT2D eigenvalue weighted by molar-refractivity contribution is 14.1. The van der Waals surface area contributed by atoms with Crippen molar-refractivity contribution in [3.8, 4) is 5.75 Å². The fourth-order valence-corrected chi connectivity index (χ4v) is 2.82. The van der Waals surface area contributed by atoms with Gasteiger partial charge in [0.2, 0.25) is 0 Å². The van der Waals surface area contributed by atoms with Crippen LogP contribution in [0.25, 0.3) is 0 Å². The first-order chi connectivity index (χ1) is 9.58. The molecule has 1 fully saturated rings. The van der Waals surface area contributed by atoms with E-state index in [2.05, 4.69) is 17.1 Å². The Balaban J connectivity index is 1.86. The van der Waals surface area contributed by atoms with Crippen LogP contribution in [-0.4, -0.2) is 41.6 Å². The van der Waals surface area contributed by atoms with Crippen molar-refractivity contribution in [2.45, 2.75) is 32.2 Å². The van der Waals surface area contributed by atoms with Crippen molar-refractivity contribution in [3.05, 3.63) is 27.3 Å². The van der Waals surface area contributed by atoms with Crippen molar-refractivity contribution < 1.29 is 9.90 Å². The second-order valence-electron chi connectivity index (χ2n) is 5.32. The summed E-state index contributed by atoms with van der Waals surface area (Å²) in [5.74, 6) is 0.0305. The summed E-state index contributed by atoms with van der Waals surface area (Å²) in [6.45, 7) is 5.05. The molecule has 4 nitrogen and oxygen atoms in total. The summed E-state index contributed by atoms with van der Waals surface area (Å²) in [5, 5.41) is 12.6. The molecule has 1 amide bonds. The lowest BCUT2D eigenvalue weighted by atomic mass is 10.1. The number of phenols is 1. The first-order valence-electron chi connectivity index (χ1n) is 7.08. The summed E-state index contributed by atoms with van der Waals surface area (Å²) < 4.78 is 0.751. The summed E-state index contributed by atoms with van der Waals surface area (Å²) in [5.41, 5.74) is 0.508. The topological polar surface area (TPSA) is 52.6 Å². The minimum absolute atomic E-state index is 0.124. The summed E-state index contributed by atoms with van der Waals surface area (Å²) in [6.07, 6.45) is 3.82. The van der Waals surface area contributed by atoms with Crippen LogP contribution in [0, 0.1) is 3.57 Å². The molecule has 1 aromatic carbocycles. The van der Waals surface area contributed by atoms with Gasteiger partial charge in [-0.3, -0.25) is 9.69 Å². The Morgan fingerprint density at radius 3 is 2.75 bits per heavy atom. The summed E-state index contributed by atoms with van der Waals surface area (Å²) in [4.78, 5) is 14.5. The van der Waals surface area contributed by atoms with Gasteiger partial charge in [0.15, 0.2) is 0 Å². The van der Waals surface area contributed by atoms with E-state index < -0.39 is 0 Å². The fraction of sp³-hybridized carbons (Fsp3) is 0.533. The lowest BCUT2D eigenvalue weighted by Gasteiger charge is -2.32. The van der Waals surface area contributed by atoms with Crippen LogP contribution in [0.1, 0.15) is 36.5 Å². The van der Waals surface area contributed by atoms with Crippen molar-refractivity contribution in [1.29, 1.82) is 0 Å². The third kappa shape index (κ3) is 4.09. The molecule has 0 aliphatic carbocycles. The quantitative estimate of drug-likeness (QED) is 0.780. The van der Waals surface area contributed by atoms with E-state index in [4.69, 9.17) is 0 Å². The second kappa shape index (κ2) is 7.26. The van der Waals surface area contributed by atoms with E-state index in [1.165, 1.54) is 25.3 Å². The van der Waals surface area contributed by atoms with Crippen LogP contribution < -0.4 is 5.32 Å². The summed E-state index contributed by atoms with van der Waals surface area (Å²) >= 11 is 2.04. The molecule has 1 aromatic rings. The van der Waals surface area contributed by atoms with Gasteiger partial charge in [0.1, 0.15) is 5.75 Å². The third-order valence-electron chi connectivity index (χ3n) is 3.78. The molecule has 2 N–H and O–H groups in total.